The van der Waals surface area contributed by atoms with Crippen LogP contribution >= 0.6 is 11.6 Å². The summed E-state index contributed by atoms with van der Waals surface area (Å²) in [6.07, 6.45) is -1.93. The van der Waals surface area contributed by atoms with Crippen LogP contribution in [0, 0.1) is 0 Å². The molecule has 1 amide bonds. The van der Waals surface area contributed by atoms with Gasteiger partial charge in [0.25, 0.3) is 0 Å². The first-order chi connectivity index (χ1) is 16.5. The summed E-state index contributed by atoms with van der Waals surface area (Å²) >= 11 is 6.65. The van der Waals surface area contributed by atoms with Crippen molar-refractivity contribution >= 4 is 35.4 Å². The Hall–Kier alpha value is -4.30. The third-order valence-corrected chi connectivity index (χ3v) is 5.18. The number of para-hydroxylation sites is 3. The van der Waals surface area contributed by atoms with Crippen molar-refractivity contribution in [1.82, 2.24) is 9.78 Å². The Bertz CT molecular complexity index is 1260. The Balaban J connectivity index is 1.61. The summed E-state index contributed by atoms with van der Waals surface area (Å²) < 4.78 is 11.7. The normalized spacial score (nSPS) is 10.5. The first kappa shape index (κ1) is 22.9. The molecule has 0 atom stereocenters. The summed E-state index contributed by atoms with van der Waals surface area (Å²) in [5.74, 6) is 0.523. The van der Waals surface area contributed by atoms with E-state index in [1.165, 1.54) is 4.68 Å². The number of ether oxygens (including phenoxy) is 2. The fraction of sp³-hybridized carbons (Fsp3) is 0.0800. The standard InChI is InChI=1S/C25H20ClN3O5/c26-22-21(16-17-33-25(32)34-20-14-8-3-9-15-20)27-29(19-12-6-2-7-13-19)23(22)28(24(30)31)18-10-4-1-5-11-18/h1-15H,16-17H2,(H,30,31). The zero-order chi connectivity index (χ0) is 23.9. The number of anilines is 2. The highest BCUT2D eigenvalue weighted by molar-refractivity contribution is 6.34. The van der Waals surface area contributed by atoms with E-state index in [0.717, 1.165) is 4.90 Å². The number of rotatable bonds is 7. The van der Waals surface area contributed by atoms with Crippen molar-refractivity contribution in [3.63, 3.8) is 0 Å². The fourth-order valence-corrected chi connectivity index (χ4v) is 3.58. The fourth-order valence-electron chi connectivity index (χ4n) is 3.28. The highest BCUT2D eigenvalue weighted by Gasteiger charge is 2.28. The lowest BCUT2D eigenvalue weighted by molar-refractivity contribution is 0.0999. The zero-order valence-electron chi connectivity index (χ0n) is 17.9. The highest BCUT2D eigenvalue weighted by Crippen LogP contribution is 2.36. The second-order valence-corrected chi connectivity index (χ2v) is 7.43. The molecule has 0 aliphatic rings. The monoisotopic (exact) mass is 477 g/mol. The van der Waals surface area contributed by atoms with Gasteiger partial charge in [-0.15, -0.1) is 0 Å². The van der Waals surface area contributed by atoms with Crippen molar-refractivity contribution in [2.45, 2.75) is 6.42 Å². The lowest BCUT2D eigenvalue weighted by Gasteiger charge is -2.20. The molecule has 0 radical (unpaired) electrons. The Labute approximate surface area is 200 Å². The SMILES string of the molecule is O=C(OCCc1nn(-c2ccccc2)c(N(C(=O)O)c2ccccc2)c1Cl)Oc1ccccc1. The van der Waals surface area contributed by atoms with Crippen molar-refractivity contribution in [2.24, 2.45) is 0 Å². The largest absolute Gasteiger partial charge is 0.513 e. The van der Waals surface area contributed by atoms with Gasteiger partial charge < -0.3 is 14.6 Å². The zero-order valence-corrected chi connectivity index (χ0v) is 18.6. The second-order valence-electron chi connectivity index (χ2n) is 7.05. The molecule has 1 N–H and O–H groups in total. The molecule has 0 aliphatic heterocycles. The predicted molar refractivity (Wildman–Crippen MR) is 127 cm³/mol. The van der Waals surface area contributed by atoms with Gasteiger partial charge in [0.15, 0.2) is 5.82 Å². The topological polar surface area (TPSA) is 93.9 Å². The average Bonchev–Trinajstić information content (AvgIpc) is 3.17. The second kappa shape index (κ2) is 10.5. The van der Waals surface area contributed by atoms with Gasteiger partial charge in [-0.25, -0.2) is 19.2 Å². The van der Waals surface area contributed by atoms with Gasteiger partial charge in [0.1, 0.15) is 17.4 Å². The molecule has 1 heterocycles. The third-order valence-electron chi connectivity index (χ3n) is 4.79. The number of hydrogen-bond donors (Lipinski definition) is 1. The van der Waals surface area contributed by atoms with Crippen LogP contribution in [0.3, 0.4) is 0 Å². The van der Waals surface area contributed by atoms with Gasteiger partial charge in [-0.2, -0.15) is 5.10 Å². The van der Waals surface area contributed by atoms with Crippen molar-refractivity contribution in [3.8, 4) is 11.4 Å². The summed E-state index contributed by atoms with van der Waals surface area (Å²) in [6, 6.07) is 26.2. The number of carbonyl (C=O) groups is 2. The highest BCUT2D eigenvalue weighted by atomic mass is 35.5. The molecule has 1 aromatic heterocycles. The summed E-state index contributed by atoms with van der Waals surface area (Å²) in [6.45, 7) is -0.0605. The van der Waals surface area contributed by atoms with E-state index >= 15 is 0 Å². The number of hydrogen-bond acceptors (Lipinski definition) is 5. The number of halogens is 1. The minimum atomic E-state index is -1.22. The molecule has 4 rings (SSSR count). The molecular formula is C25H20ClN3O5. The van der Waals surface area contributed by atoms with Crippen LogP contribution in [0.5, 0.6) is 5.75 Å². The lowest BCUT2D eigenvalue weighted by Crippen LogP contribution is -2.26. The van der Waals surface area contributed by atoms with E-state index in [1.807, 2.05) is 18.2 Å². The Morgan fingerprint density at radius 3 is 2.12 bits per heavy atom. The minimum absolute atomic E-state index is 0.0605. The molecule has 0 fully saturated rings. The maximum atomic E-state index is 12.3. The van der Waals surface area contributed by atoms with Gasteiger partial charge >= 0.3 is 12.2 Å². The van der Waals surface area contributed by atoms with E-state index in [-0.39, 0.29) is 23.9 Å². The molecule has 4 aromatic rings. The minimum Gasteiger partial charge on any atom is -0.464 e. The van der Waals surface area contributed by atoms with E-state index in [4.69, 9.17) is 21.1 Å². The third kappa shape index (κ3) is 5.19. The first-order valence-electron chi connectivity index (χ1n) is 10.3. The van der Waals surface area contributed by atoms with Crippen LogP contribution in [0.15, 0.2) is 91.0 Å². The summed E-state index contributed by atoms with van der Waals surface area (Å²) in [5, 5.41) is 14.7. The molecule has 0 saturated heterocycles. The Kier molecular flexibility index (Phi) is 7.10. The van der Waals surface area contributed by atoms with E-state index in [2.05, 4.69) is 5.10 Å². The van der Waals surface area contributed by atoms with Crippen molar-refractivity contribution < 1.29 is 24.2 Å². The predicted octanol–water partition coefficient (Wildman–Crippen LogP) is 6.10. The number of amides is 1. The molecule has 0 spiro atoms. The molecule has 34 heavy (non-hydrogen) atoms. The maximum Gasteiger partial charge on any atom is 0.513 e. The Morgan fingerprint density at radius 2 is 1.50 bits per heavy atom. The molecule has 0 unspecified atom stereocenters. The van der Waals surface area contributed by atoms with Crippen LogP contribution in [-0.4, -0.2) is 33.7 Å². The average molecular weight is 478 g/mol. The van der Waals surface area contributed by atoms with Gasteiger partial charge in [-0.3, -0.25) is 0 Å². The Morgan fingerprint density at radius 1 is 0.912 bits per heavy atom. The molecule has 172 valence electrons. The van der Waals surface area contributed by atoms with Crippen LogP contribution in [0.25, 0.3) is 5.69 Å². The molecule has 3 aromatic carbocycles. The number of carboxylic acid groups (broad SMARTS) is 1. The lowest BCUT2D eigenvalue weighted by atomic mass is 10.2. The quantitative estimate of drug-likeness (QED) is 0.255. The molecule has 8 nitrogen and oxygen atoms in total. The van der Waals surface area contributed by atoms with Crippen molar-refractivity contribution in [2.75, 3.05) is 11.5 Å². The molecule has 0 saturated carbocycles. The van der Waals surface area contributed by atoms with Crippen LogP contribution in [0.1, 0.15) is 5.69 Å². The van der Waals surface area contributed by atoms with E-state index in [1.54, 1.807) is 72.8 Å². The molecular weight excluding hydrogens is 458 g/mol. The van der Waals surface area contributed by atoms with E-state index < -0.39 is 12.2 Å². The van der Waals surface area contributed by atoms with Crippen LogP contribution in [0.4, 0.5) is 21.1 Å². The summed E-state index contributed by atoms with van der Waals surface area (Å²) in [7, 11) is 0. The van der Waals surface area contributed by atoms with Crippen LogP contribution in [-0.2, 0) is 11.2 Å². The van der Waals surface area contributed by atoms with Gasteiger partial charge in [0, 0.05) is 6.42 Å². The number of carbonyl (C=O) groups excluding carboxylic acids is 1. The van der Waals surface area contributed by atoms with Crippen LogP contribution < -0.4 is 9.64 Å². The first-order valence-corrected chi connectivity index (χ1v) is 10.7. The van der Waals surface area contributed by atoms with Gasteiger partial charge in [-0.1, -0.05) is 66.2 Å². The molecule has 0 bridgehead atoms. The van der Waals surface area contributed by atoms with Crippen molar-refractivity contribution in [1.29, 1.82) is 0 Å². The molecule has 9 heteroatoms. The molecule has 0 aliphatic carbocycles. The van der Waals surface area contributed by atoms with Crippen LogP contribution in [0.2, 0.25) is 5.02 Å². The number of nitrogens with zero attached hydrogens (tertiary/aromatic N) is 3. The van der Waals surface area contributed by atoms with E-state index in [9.17, 15) is 14.7 Å². The number of aromatic nitrogens is 2. The van der Waals surface area contributed by atoms with E-state index in [0.29, 0.717) is 22.8 Å². The number of benzene rings is 3. The summed E-state index contributed by atoms with van der Waals surface area (Å²) in [5.41, 5.74) is 1.40. The van der Waals surface area contributed by atoms with Crippen molar-refractivity contribution in [3.05, 3.63) is 102 Å². The maximum absolute atomic E-state index is 12.3. The smallest absolute Gasteiger partial charge is 0.464 e. The van der Waals surface area contributed by atoms with Gasteiger partial charge in [0.2, 0.25) is 0 Å². The van der Waals surface area contributed by atoms with Gasteiger partial charge in [-0.05, 0) is 36.4 Å². The summed E-state index contributed by atoms with van der Waals surface area (Å²) in [4.78, 5) is 25.3. The van der Waals surface area contributed by atoms with Gasteiger partial charge in [0.05, 0.1) is 17.1 Å².